The zero-order valence-electron chi connectivity index (χ0n) is 9.99. The van der Waals surface area contributed by atoms with Crippen molar-refractivity contribution in [3.63, 3.8) is 0 Å². The summed E-state index contributed by atoms with van der Waals surface area (Å²) in [4.78, 5) is 21.8. The monoisotopic (exact) mass is 244 g/mol. The minimum absolute atomic E-state index is 0.0120. The van der Waals surface area contributed by atoms with Crippen LogP contribution in [0.25, 0.3) is 0 Å². The first kappa shape index (κ1) is 14.9. The minimum atomic E-state index is -1.05. The smallest absolute Gasteiger partial charge is 0.333 e. The van der Waals surface area contributed by atoms with E-state index in [2.05, 4.69) is 13.5 Å². The number of esters is 1. The lowest BCUT2D eigenvalue weighted by molar-refractivity contribution is -0.144. The molecule has 0 fully saturated rings. The average Bonchev–Trinajstić information content (AvgIpc) is 2.22. The summed E-state index contributed by atoms with van der Waals surface area (Å²) < 4.78 is 5.22. The molecule has 1 N–H and O–H groups in total. The van der Waals surface area contributed by atoms with Gasteiger partial charge in [-0.15, -0.1) is 0 Å². The summed E-state index contributed by atoms with van der Waals surface area (Å²) in [6.07, 6.45) is 1.57. The van der Waals surface area contributed by atoms with Crippen molar-refractivity contribution < 1.29 is 19.4 Å². The molecule has 4 nitrogen and oxygen atoms in total. The lowest BCUT2D eigenvalue weighted by Gasteiger charge is -2.15. The van der Waals surface area contributed by atoms with E-state index in [4.69, 9.17) is 9.84 Å². The van der Waals surface area contributed by atoms with Crippen molar-refractivity contribution in [2.75, 3.05) is 0 Å². The van der Waals surface area contributed by atoms with Gasteiger partial charge in [-0.3, -0.25) is 4.79 Å². The maximum atomic E-state index is 11.4. The van der Waals surface area contributed by atoms with E-state index in [-0.39, 0.29) is 17.7 Å². The molecule has 0 heterocycles. The van der Waals surface area contributed by atoms with E-state index < -0.39 is 21.5 Å². The molecule has 0 saturated heterocycles. The van der Waals surface area contributed by atoms with Gasteiger partial charge in [0.2, 0.25) is 0 Å². The van der Waals surface area contributed by atoms with Crippen molar-refractivity contribution in [2.24, 2.45) is 0 Å². The minimum Gasteiger partial charge on any atom is -0.481 e. The van der Waals surface area contributed by atoms with Crippen LogP contribution in [-0.4, -0.2) is 32.3 Å². The fourth-order valence-corrected chi connectivity index (χ4v) is 2.81. The molecular formula is C11H20O4Si. The lowest BCUT2D eigenvalue weighted by Crippen LogP contribution is -2.25. The molecule has 0 bridgehead atoms. The van der Waals surface area contributed by atoms with Gasteiger partial charge in [-0.2, -0.15) is 0 Å². The number of aliphatic carboxylic acids is 1. The SMILES string of the molecule is C=C(CC(=O)O)C(=O)OC(CC)[SiH2]CCC. The van der Waals surface area contributed by atoms with Gasteiger partial charge in [-0.1, -0.05) is 32.9 Å². The molecule has 1 unspecified atom stereocenters. The van der Waals surface area contributed by atoms with E-state index in [9.17, 15) is 9.59 Å². The predicted octanol–water partition coefficient (Wildman–Crippen LogP) is 1.29. The first-order valence-corrected chi connectivity index (χ1v) is 7.43. The molecule has 0 aliphatic heterocycles. The number of carbonyl (C=O) groups is 2. The van der Waals surface area contributed by atoms with E-state index in [1.54, 1.807) is 0 Å². The van der Waals surface area contributed by atoms with Crippen LogP contribution < -0.4 is 0 Å². The molecule has 92 valence electrons. The Kier molecular flexibility index (Phi) is 7.54. The Morgan fingerprint density at radius 3 is 2.50 bits per heavy atom. The lowest BCUT2D eigenvalue weighted by atomic mass is 10.2. The Labute approximate surface area is 98.5 Å². The van der Waals surface area contributed by atoms with E-state index in [1.165, 1.54) is 0 Å². The topological polar surface area (TPSA) is 63.6 Å². The third-order valence-corrected chi connectivity index (χ3v) is 4.77. The molecular weight excluding hydrogens is 224 g/mol. The second-order valence-electron chi connectivity index (χ2n) is 3.75. The van der Waals surface area contributed by atoms with E-state index >= 15 is 0 Å². The molecule has 0 rings (SSSR count). The Morgan fingerprint density at radius 2 is 2.06 bits per heavy atom. The van der Waals surface area contributed by atoms with Gasteiger partial charge >= 0.3 is 11.9 Å². The molecule has 1 atom stereocenters. The summed E-state index contributed by atoms with van der Waals surface area (Å²) in [5, 5.41) is 8.51. The molecule has 16 heavy (non-hydrogen) atoms. The molecule has 0 aromatic rings. The summed E-state index contributed by atoms with van der Waals surface area (Å²) in [7, 11) is -0.408. The maximum Gasteiger partial charge on any atom is 0.333 e. The van der Waals surface area contributed by atoms with Gasteiger partial charge in [-0.25, -0.2) is 4.79 Å². The second-order valence-corrected chi connectivity index (χ2v) is 5.95. The van der Waals surface area contributed by atoms with Gasteiger partial charge < -0.3 is 9.84 Å². The molecule has 0 aromatic carbocycles. The highest BCUT2D eigenvalue weighted by molar-refractivity contribution is 6.37. The summed E-state index contributed by atoms with van der Waals surface area (Å²) >= 11 is 0. The average molecular weight is 244 g/mol. The fourth-order valence-electron chi connectivity index (χ4n) is 1.27. The van der Waals surface area contributed by atoms with Crippen molar-refractivity contribution in [2.45, 2.75) is 44.9 Å². The highest BCUT2D eigenvalue weighted by Gasteiger charge is 2.16. The fraction of sp³-hybridized carbons (Fsp3) is 0.636. The zero-order valence-corrected chi connectivity index (χ0v) is 11.4. The third-order valence-electron chi connectivity index (χ3n) is 2.26. The molecule has 0 radical (unpaired) electrons. The molecule has 0 aliphatic carbocycles. The first-order chi connectivity index (χ1) is 7.51. The van der Waals surface area contributed by atoms with Crippen LogP contribution in [0.2, 0.25) is 6.04 Å². The van der Waals surface area contributed by atoms with E-state index in [1.807, 2.05) is 6.92 Å². The number of carboxylic acid groups (broad SMARTS) is 1. The van der Waals surface area contributed by atoms with Crippen LogP contribution >= 0.6 is 0 Å². The predicted molar refractivity (Wildman–Crippen MR) is 65.2 cm³/mol. The second kappa shape index (κ2) is 8.10. The van der Waals surface area contributed by atoms with E-state index in [0.717, 1.165) is 18.9 Å². The van der Waals surface area contributed by atoms with Gasteiger partial charge in [-0.05, 0) is 6.42 Å². The van der Waals surface area contributed by atoms with Crippen molar-refractivity contribution in [1.29, 1.82) is 0 Å². The van der Waals surface area contributed by atoms with Crippen molar-refractivity contribution in [1.82, 2.24) is 0 Å². The maximum absolute atomic E-state index is 11.4. The highest BCUT2D eigenvalue weighted by Crippen LogP contribution is 2.07. The first-order valence-electron chi connectivity index (χ1n) is 5.61. The highest BCUT2D eigenvalue weighted by atomic mass is 28.2. The number of carbonyl (C=O) groups excluding carboxylic acids is 1. The van der Waals surface area contributed by atoms with Gasteiger partial charge in [0, 0.05) is 5.57 Å². The zero-order chi connectivity index (χ0) is 12.6. The Morgan fingerprint density at radius 1 is 1.44 bits per heavy atom. The molecule has 0 aliphatic rings. The number of rotatable bonds is 8. The van der Waals surface area contributed by atoms with Crippen molar-refractivity contribution in [3.8, 4) is 0 Å². The molecule has 5 heteroatoms. The summed E-state index contributed by atoms with van der Waals surface area (Å²) in [6, 6.07) is 1.14. The third kappa shape index (κ3) is 6.39. The van der Waals surface area contributed by atoms with Gasteiger partial charge in [0.1, 0.15) is 0 Å². The van der Waals surface area contributed by atoms with Crippen LogP contribution in [-0.2, 0) is 14.3 Å². The Hall–Kier alpha value is -1.10. The van der Waals surface area contributed by atoms with Crippen molar-refractivity contribution in [3.05, 3.63) is 12.2 Å². The van der Waals surface area contributed by atoms with Crippen LogP contribution in [0.4, 0.5) is 0 Å². The van der Waals surface area contributed by atoms with Gasteiger partial charge in [0.05, 0.1) is 21.7 Å². The summed E-state index contributed by atoms with van der Waals surface area (Å²) in [5.41, 5.74) is 0.0365. The summed E-state index contributed by atoms with van der Waals surface area (Å²) in [5.74, 6) is -1.61. The Bertz CT molecular complexity index is 263. The van der Waals surface area contributed by atoms with Crippen LogP contribution in [0, 0.1) is 0 Å². The Balaban J connectivity index is 4.08. The molecule has 0 aromatic heterocycles. The number of hydrogen-bond donors (Lipinski definition) is 1. The molecule has 0 spiro atoms. The van der Waals surface area contributed by atoms with Crippen molar-refractivity contribution >= 4 is 21.5 Å². The number of hydrogen-bond acceptors (Lipinski definition) is 3. The summed E-state index contributed by atoms with van der Waals surface area (Å²) in [6.45, 7) is 7.50. The van der Waals surface area contributed by atoms with Crippen LogP contribution in [0.5, 0.6) is 0 Å². The molecule has 0 saturated carbocycles. The largest absolute Gasteiger partial charge is 0.481 e. The van der Waals surface area contributed by atoms with Gasteiger partial charge in [0.25, 0.3) is 0 Å². The number of ether oxygens (including phenoxy) is 1. The van der Waals surface area contributed by atoms with Gasteiger partial charge in [0.15, 0.2) is 0 Å². The number of carboxylic acids is 1. The van der Waals surface area contributed by atoms with Crippen LogP contribution in [0.15, 0.2) is 12.2 Å². The quantitative estimate of drug-likeness (QED) is 0.397. The van der Waals surface area contributed by atoms with Crippen LogP contribution in [0.1, 0.15) is 33.1 Å². The standard InChI is InChI=1S/C11H20O4Si/c1-4-6-16-10(5-2)15-11(14)8(3)7-9(12)13/h10H,3-7,16H2,1-2H3,(H,12,13). The molecule has 0 amide bonds. The normalized spacial score (nSPS) is 12.6. The van der Waals surface area contributed by atoms with E-state index in [0.29, 0.717) is 0 Å². The van der Waals surface area contributed by atoms with Crippen LogP contribution in [0.3, 0.4) is 0 Å².